The normalized spacial score (nSPS) is 10.6. The third kappa shape index (κ3) is 5.41. The summed E-state index contributed by atoms with van der Waals surface area (Å²) in [6.07, 6.45) is 1.35. The second kappa shape index (κ2) is 9.33. The molecule has 0 atom stereocenters. The number of carbonyl (C=O) groups is 1. The van der Waals surface area contributed by atoms with Crippen molar-refractivity contribution in [2.75, 3.05) is 25.0 Å². The first-order valence-electron chi connectivity index (χ1n) is 9.22. The number of nitrogens with one attached hydrogen (secondary N) is 1. The molecular weight excluding hydrogens is 354 g/mol. The summed E-state index contributed by atoms with van der Waals surface area (Å²) in [4.78, 5) is 18.9. The van der Waals surface area contributed by atoms with Crippen molar-refractivity contribution >= 4 is 22.9 Å². The molecule has 0 saturated carbocycles. The molecule has 0 radical (unpaired) electrons. The van der Waals surface area contributed by atoms with E-state index in [9.17, 15) is 4.79 Å². The lowest BCUT2D eigenvalue weighted by atomic mass is 10.1. The number of nitrogens with zero attached hydrogens (tertiary/aromatic N) is 2. The van der Waals surface area contributed by atoms with Crippen molar-refractivity contribution in [2.45, 2.75) is 19.8 Å². The fourth-order valence-electron chi connectivity index (χ4n) is 2.81. The Morgan fingerprint density at radius 3 is 2.56 bits per heavy atom. The van der Waals surface area contributed by atoms with Gasteiger partial charge in [-0.25, -0.2) is 4.98 Å². The molecular formula is C22H25N3OS. The molecule has 1 amide bonds. The molecule has 5 heteroatoms. The molecule has 2 aromatic carbocycles. The van der Waals surface area contributed by atoms with Gasteiger partial charge >= 0.3 is 0 Å². The predicted molar refractivity (Wildman–Crippen MR) is 113 cm³/mol. The van der Waals surface area contributed by atoms with Gasteiger partial charge in [-0.3, -0.25) is 4.79 Å². The van der Waals surface area contributed by atoms with E-state index in [1.165, 1.54) is 5.56 Å². The molecule has 4 nitrogen and oxygen atoms in total. The molecule has 1 N–H and O–H groups in total. The van der Waals surface area contributed by atoms with Gasteiger partial charge in [-0.1, -0.05) is 49.4 Å². The molecule has 0 saturated heterocycles. The van der Waals surface area contributed by atoms with Gasteiger partial charge in [0.05, 0.1) is 12.1 Å². The lowest BCUT2D eigenvalue weighted by Crippen LogP contribution is -2.33. The van der Waals surface area contributed by atoms with Crippen LogP contribution in [0.2, 0.25) is 0 Å². The van der Waals surface area contributed by atoms with Crippen molar-refractivity contribution in [1.29, 1.82) is 0 Å². The number of likely N-dealkylation sites (N-methyl/N-ethyl adjacent to an activating group) is 1. The molecule has 0 fully saturated rings. The van der Waals surface area contributed by atoms with Crippen LogP contribution in [0.4, 0.5) is 5.69 Å². The number of rotatable bonds is 8. The second-order valence-electron chi connectivity index (χ2n) is 6.48. The van der Waals surface area contributed by atoms with Crippen LogP contribution in [0.25, 0.3) is 10.6 Å². The van der Waals surface area contributed by atoms with Crippen molar-refractivity contribution in [3.63, 3.8) is 0 Å². The van der Waals surface area contributed by atoms with Crippen molar-refractivity contribution in [3.8, 4) is 10.6 Å². The summed E-state index contributed by atoms with van der Waals surface area (Å²) >= 11 is 1.58. The number of anilines is 1. The molecule has 1 heterocycles. The van der Waals surface area contributed by atoms with Gasteiger partial charge in [0, 0.05) is 36.8 Å². The van der Waals surface area contributed by atoms with Gasteiger partial charge in [-0.05, 0) is 24.1 Å². The smallest absolute Gasteiger partial charge is 0.226 e. The van der Waals surface area contributed by atoms with E-state index in [1.807, 2.05) is 30.6 Å². The van der Waals surface area contributed by atoms with Crippen LogP contribution < -0.4 is 10.2 Å². The number of benzene rings is 2. The maximum atomic E-state index is 12.2. The van der Waals surface area contributed by atoms with E-state index in [0.717, 1.165) is 34.9 Å². The molecule has 0 aliphatic rings. The number of hydrogen-bond acceptors (Lipinski definition) is 4. The Kier molecular flexibility index (Phi) is 6.60. The molecule has 3 aromatic rings. The van der Waals surface area contributed by atoms with Gasteiger partial charge < -0.3 is 10.2 Å². The van der Waals surface area contributed by atoms with E-state index in [2.05, 4.69) is 58.5 Å². The number of hydrogen-bond donors (Lipinski definition) is 1. The van der Waals surface area contributed by atoms with Gasteiger partial charge in [0.2, 0.25) is 5.91 Å². The van der Waals surface area contributed by atoms with Crippen LogP contribution >= 0.6 is 11.3 Å². The summed E-state index contributed by atoms with van der Waals surface area (Å²) in [5, 5.41) is 5.91. The quantitative estimate of drug-likeness (QED) is 0.639. The minimum absolute atomic E-state index is 0.00893. The number of thiazole rings is 1. The minimum atomic E-state index is 0.00893. The summed E-state index contributed by atoms with van der Waals surface area (Å²) in [6, 6.07) is 18.6. The van der Waals surface area contributed by atoms with E-state index in [-0.39, 0.29) is 5.91 Å². The Morgan fingerprint density at radius 1 is 1.11 bits per heavy atom. The first-order chi connectivity index (χ1) is 13.2. The Labute approximate surface area is 164 Å². The summed E-state index contributed by atoms with van der Waals surface area (Å²) in [6.45, 7) is 3.52. The van der Waals surface area contributed by atoms with Crippen molar-refractivity contribution in [2.24, 2.45) is 0 Å². The average Bonchev–Trinajstić information content (AvgIpc) is 3.17. The van der Waals surface area contributed by atoms with Crippen LogP contribution in [0.5, 0.6) is 0 Å². The number of amides is 1. The Balaban J connectivity index is 1.47. The zero-order chi connectivity index (χ0) is 19.1. The molecule has 1 aromatic heterocycles. The number of carbonyl (C=O) groups excluding carboxylic acids is 1. The highest BCUT2D eigenvalue weighted by molar-refractivity contribution is 7.13. The van der Waals surface area contributed by atoms with E-state index in [0.29, 0.717) is 13.0 Å². The maximum Gasteiger partial charge on any atom is 0.226 e. The fourth-order valence-corrected chi connectivity index (χ4v) is 3.63. The fraction of sp³-hybridized carbons (Fsp3) is 0.273. The molecule has 3 rings (SSSR count). The standard InChI is InChI=1S/C22H25N3OS/c1-3-17-9-11-18(12-10-17)22-24-19(16-27-22)15-21(26)23-13-14-25(2)20-7-5-4-6-8-20/h4-12,16H,3,13-15H2,1-2H3,(H,23,26). The van der Waals surface area contributed by atoms with Gasteiger partial charge in [0.1, 0.15) is 5.01 Å². The molecule has 140 valence electrons. The SMILES string of the molecule is CCc1ccc(-c2nc(CC(=O)NCCN(C)c3ccccc3)cs2)cc1. The van der Waals surface area contributed by atoms with Crippen molar-refractivity contribution in [1.82, 2.24) is 10.3 Å². The monoisotopic (exact) mass is 379 g/mol. The molecule has 27 heavy (non-hydrogen) atoms. The van der Waals surface area contributed by atoms with E-state index in [4.69, 9.17) is 0 Å². The van der Waals surface area contributed by atoms with Crippen LogP contribution in [-0.4, -0.2) is 31.0 Å². The summed E-state index contributed by atoms with van der Waals surface area (Å²) in [5.74, 6) is 0.00893. The van der Waals surface area contributed by atoms with E-state index in [1.54, 1.807) is 11.3 Å². The third-order valence-electron chi connectivity index (χ3n) is 4.47. The van der Waals surface area contributed by atoms with E-state index < -0.39 is 0 Å². The van der Waals surface area contributed by atoms with Gasteiger partial charge in [0.15, 0.2) is 0 Å². The van der Waals surface area contributed by atoms with Crippen LogP contribution in [-0.2, 0) is 17.6 Å². The molecule has 0 aliphatic heterocycles. The van der Waals surface area contributed by atoms with Crippen LogP contribution in [0.3, 0.4) is 0 Å². The molecule has 0 spiro atoms. The highest BCUT2D eigenvalue weighted by Crippen LogP contribution is 2.24. The maximum absolute atomic E-state index is 12.2. The Hall–Kier alpha value is -2.66. The van der Waals surface area contributed by atoms with Crippen LogP contribution in [0, 0.1) is 0 Å². The highest BCUT2D eigenvalue weighted by Gasteiger charge is 2.09. The lowest BCUT2D eigenvalue weighted by molar-refractivity contribution is -0.120. The zero-order valence-corrected chi connectivity index (χ0v) is 16.6. The van der Waals surface area contributed by atoms with E-state index >= 15 is 0 Å². The largest absolute Gasteiger partial charge is 0.373 e. The first kappa shape index (κ1) is 19.1. The molecule has 0 bridgehead atoms. The number of aromatic nitrogens is 1. The number of aryl methyl sites for hydroxylation is 1. The Bertz CT molecular complexity index is 859. The minimum Gasteiger partial charge on any atom is -0.373 e. The van der Waals surface area contributed by atoms with Crippen LogP contribution in [0.15, 0.2) is 60.0 Å². The zero-order valence-electron chi connectivity index (χ0n) is 15.8. The summed E-state index contributed by atoms with van der Waals surface area (Å²) < 4.78 is 0. The predicted octanol–water partition coefficient (Wildman–Crippen LogP) is 4.17. The second-order valence-corrected chi connectivity index (χ2v) is 7.34. The first-order valence-corrected chi connectivity index (χ1v) is 10.1. The van der Waals surface area contributed by atoms with Crippen LogP contribution in [0.1, 0.15) is 18.2 Å². The summed E-state index contributed by atoms with van der Waals surface area (Å²) in [5.41, 5.74) is 4.39. The van der Waals surface area contributed by atoms with Crippen molar-refractivity contribution in [3.05, 3.63) is 71.2 Å². The van der Waals surface area contributed by atoms with Gasteiger partial charge in [-0.2, -0.15) is 0 Å². The summed E-state index contributed by atoms with van der Waals surface area (Å²) in [7, 11) is 2.03. The number of para-hydroxylation sites is 1. The highest BCUT2D eigenvalue weighted by atomic mass is 32.1. The molecule has 0 aliphatic carbocycles. The average molecular weight is 380 g/mol. The van der Waals surface area contributed by atoms with Gasteiger partial charge in [0.25, 0.3) is 0 Å². The lowest BCUT2D eigenvalue weighted by Gasteiger charge is -2.19. The third-order valence-corrected chi connectivity index (χ3v) is 5.41. The topological polar surface area (TPSA) is 45.2 Å². The Morgan fingerprint density at radius 2 is 1.85 bits per heavy atom. The van der Waals surface area contributed by atoms with Crippen molar-refractivity contribution < 1.29 is 4.79 Å². The van der Waals surface area contributed by atoms with Gasteiger partial charge in [-0.15, -0.1) is 11.3 Å². The molecule has 0 unspecified atom stereocenters.